The molecule has 104 heavy (non-hydrogen) atoms. The molecule has 26 nitrogen and oxygen atoms in total. The lowest BCUT2D eigenvalue weighted by atomic mass is 10.1. The molecule has 2 aromatic heterocycles. The number of carboxylic acids is 2. The van der Waals surface area contributed by atoms with Crippen LogP contribution < -0.4 is 60.2 Å². The predicted octanol–water partition coefficient (Wildman–Crippen LogP) is 0.381. The van der Waals surface area contributed by atoms with Crippen molar-refractivity contribution < 1.29 is 166 Å². The lowest BCUT2D eigenvalue weighted by Crippen LogP contribution is -2.75. The van der Waals surface area contributed by atoms with Crippen molar-refractivity contribution >= 4 is 90.0 Å². The molecule has 8 N–H and O–H groups in total. The minimum Gasteiger partial charge on any atom is -0.809 e. The van der Waals surface area contributed by atoms with E-state index in [1.165, 1.54) is 12.1 Å². The van der Waals surface area contributed by atoms with Gasteiger partial charge < -0.3 is 87.4 Å². The van der Waals surface area contributed by atoms with Crippen LogP contribution in [0, 0.1) is 69.2 Å². The minimum atomic E-state index is -5.83. The number of hydrogen-bond donors (Lipinski definition) is 4. The molecule has 0 aliphatic carbocycles. The Morgan fingerprint density at radius 3 is 1.03 bits per heavy atom. The largest absolute Gasteiger partial charge is 0.809 e. The molecule has 46 heteroatoms. The number of nitrogens with zero attached hydrogens (tertiary/aromatic N) is 6. The molecule has 0 saturated carbocycles. The summed E-state index contributed by atoms with van der Waals surface area (Å²) < 4.78 is 274. The number of alkyl halides is 6. The number of aliphatic carboxylic acids is 2. The molecule has 6 saturated heterocycles. The summed E-state index contributed by atoms with van der Waals surface area (Å²) in [4.78, 5) is 65.4. The van der Waals surface area contributed by atoms with Gasteiger partial charge in [-0.3, -0.25) is 0 Å². The van der Waals surface area contributed by atoms with Crippen LogP contribution in [-0.4, -0.2) is 190 Å². The molecule has 6 aromatic rings. The lowest BCUT2D eigenvalue weighted by Gasteiger charge is -2.55. The Morgan fingerprint density at radius 1 is 0.510 bits per heavy atom. The standard InChI is InChI=1S/2C27H30F4N5O6PS2.2C2HF3O2/c2*28-20-14-17(2-3-18(20)16-33)27(43(37,38)39)34-45(40,41)21-15-19-22(29)23(30)25(24(31)26(19)44-21)42-13-12-36-9-6-35(7-10-36,8-11-36)5-1-4-32;2*3-2(4,5)1(6)7/h2*2-3,14-15,27,34H,1,4-13,32H2;2*(H,6,7). The van der Waals surface area contributed by atoms with Gasteiger partial charge in [0.2, 0.25) is 11.6 Å². The molecule has 2 unspecified atom stereocenters. The lowest BCUT2D eigenvalue weighted by molar-refractivity contribution is -1.08. The zero-order valence-corrected chi connectivity index (χ0v) is 58.8. The summed E-state index contributed by atoms with van der Waals surface area (Å²) in [5.74, 6) is -24.6. The van der Waals surface area contributed by atoms with E-state index in [1.54, 1.807) is 9.44 Å². The first kappa shape index (κ1) is 84.5. The fraction of sp³-hybridized carbons (Fsp3) is 0.448. The fourth-order valence-corrected chi connectivity index (χ4v) is 20.0. The van der Waals surface area contributed by atoms with Crippen molar-refractivity contribution in [2.75, 3.05) is 131 Å². The molecule has 4 bridgehead atoms. The molecular formula is C58H62F14N10O16P2S4. The highest BCUT2D eigenvalue weighted by molar-refractivity contribution is 7.92. The van der Waals surface area contributed by atoms with Crippen LogP contribution in [0.25, 0.3) is 20.2 Å². The molecule has 0 radical (unpaired) electrons. The number of sulfonamides is 2. The van der Waals surface area contributed by atoms with E-state index in [0.29, 0.717) is 37.4 Å². The SMILES string of the molecule is N#Cc1ccc(C(NS(=O)(=O)c2cc3c(F)c(F)c(OCC[N+]45CC[N+](CCC[NH3+])(CC4)CC5)c(F)c3s2)P(=O)([O-])[O-])cc1F.N#Cc1ccc(C(NS(=O)(=O)c2cc3c(F)c(F)c(OCC[N+]45CC[N+](CCC[NH3+])(CC4)CC5)c(F)c3s2)P(=O)([O-])[O-])cc1F.O=C([O-])C(F)(F)F.O=C([O-])C(F)(F)F. The van der Waals surface area contributed by atoms with Crippen molar-refractivity contribution in [2.45, 2.75) is 45.2 Å². The number of hydrogen-bond acceptors (Lipinski definition) is 20. The molecule has 4 aromatic carbocycles. The molecule has 0 amide bonds. The Labute approximate surface area is 590 Å². The van der Waals surface area contributed by atoms with E-state index in [2.05, 4.69) is 11.5 Å². The number of piperazine rings is 6. The Bertz CT molecular complexity index is 4320. The first-order valence-corrected chi connectivity index (χ1v) is 38.5. The van der Waals surface area contributed by atoms with Crippen molar-refractivity contribution in [3.05, 3.63) is 117 Å². The zero-order valence-electron chi connectivity index (χ0n) is 53.8. The van der Waals surface area contributed by atoms with E-state index in [4.69, 9.17) is 39.8 Å². The number of carboxylic acid groups (broad SMARTS) is 2. The second-order valence-electron chi connectivity index (χ2n) is 24.6. The number of ether oxygens (including phenoxy) is 2. The number of nitriles is 2. The second kappa shape index (κ2) is 32.7. The molecule has 572 valence electrons. The maximum atomic E-state index is 15.5. The molecule has 8 heterocycles. The predicted molar refractivity (Wildman–Crippen MR) is 324 cm³/mol. The van der Waals surface area contributed by atoms with Crippen molar-refractivity contribution in [3.63, 3.8) is 0 Å². The van der Waals surface area contributed by atoms with Gasteiger partial charge in [0.05, 0.1) is 58.3 Å². The van der Waals surface area contributed by atoms with Crippen LogP contribution in [-0.2, 0) is 38.8 Å². The van der Waals surface area contributed by atoms with Crippen LogP contribution >= 0.6 is 37.9 Å². The number of carbonyl (C=O) groups excluding carboxylic acids is 2. The van der Waals surface area contributed by atoms with Gasteiger partial charge in [0.15, 0.2) is 34.8 Å². The van der Waals surface area contributed by atoms with Crippen LogP contribution in [0.5, 0.6) is 11.5 Å². The molecule has 6 fully saturated rings. The number of thiophene rings is 2. The van der Waals surface area contributed by atoms with E-state index in [1.807, 2.05) is 0 Å². The van der Waals surface area contributed by atoms with Crippen LogP contribution in [0.4, 0.5) is 61.5 Å². The molecule has 12 rings (SSSR count). The van der Waals surface area contributed by atoms with E-state index in [-0.39, 0.29) is 35.9 Å². The van der Waals surface area contributed by atoms with E-state index < -0.39 is 180 Å². The monoisotopic (exact) mass is 1610 g/mol. The molecule has 0 spiro atoms. The second-order valence-corrected chi connectivity index (χ2v) is 33.8. The molecule has 6 aliphatic heterocycles. The number of quaternary nitrogens is 6. The quantitative estimate of drug-likeness (QED) is 0.0275. The number of nitrogens with one attached hydrogen (secondary N) is 2. The van der Waals surface area contributed by atoms with Gasteiger partial charge in [0, 0.05) is 23.6 Å². The van der Waals surface area contributed by atoms with E-state index in [9.17, 15) is 80.7 Å². The Hall–Kier alpha value is -6.78. The van der Waals surface area contributed by atoms with Gasteiger partial charge in [0.1, 0.15) is 149 Å². The molecule has 2 atom stereocenters. The van der Waals surface area contributed by atoms with Crippen molar-refractivity contribution in [2.24, 2.45) is 0 Å². The average Bonchev–Trinajstić information content (AvgIpc) is 1.71. The van der Waals surface area contributed by atoms with Gasteiger partial charge in [-0.25, -0.2) is 43.2 Å². The summed E-state index contributed by atoms with van der Waals surface area (Å²) in [7, 11) is -21.6. The van der Waals surface area contributed by atoms with Crippen molar-refractivity contribution in [3.8, 4) is 23.6 Å². The van der Waals surface area contributed by atoms with Crippen LogP contribution in [0.15, 0.2) is 56.9 Å². The summed E-state index contributed by atoms with van der Waals surface area (Å²) in [6, 6.07) is 8.68. The molecular weight excluding hydrogens is 1550 g/mol. The van der Waals surface area contributed by atoms with Crippen LogP contribution in [0.1, 0.15) is 46.7 Å². The third kappa shape index (κ3) is 19.7. The summed E-state index contributed by atoms with van der Waals surface area (Å²) in [5.41, 5.74) is 5.62. The number of carbonyl (C=O) groups is 2. The highest BCUT2D eigenvalue weighted by Crippen LogP contribution is 2.48. The zero-order chi connectivity index (χ0) is 77.7. The van der Waals surface area contributed by atoms with E-state index >= 15 is 26.3 Å². The van der Waals surface area contributed by atoms with Crippen LogP contribution in [0.3, 0.4) is 0 Å². The summed E-state index contributed by atoms with van der Waals surface area (Å²) in [5, 5.41) is 33.9. The highest BCUT2D eigenvalue weighted by Gasteiger charge is 2.50. The van der Waals surface area contributed by atoms with Gasteiger partial charge in [-0.2, -0.15) is 55.1 Å². The number of fused-ring (bicyclic) bond motifs is 8. The van der Waals surface area contributed by atoms with Gasteiger partial charge in [-0.15, -0.1) is 22.7 Å². The smallest absolute Gasteiger partial charge is 0.430 e. The molecule has 6 aliphatic rings. The summed E-state index contributed by atoms with van der Waals surface area (Å²) in [6.07, 6.45) is -8.29. The average molecular weight is 1610 g/mol. The van der Waals surface area contributed by atoms with Crippen molar-refractivity contribution in [1.29, 1.82) is 10.5 Å². The van der Waals surface area contributed by atoms with Gasteiger partial charge in [-0.1, -0.05) is 12.1 Å². The third-order valence-corrected chi connectivity index (χ3v) is 26.7. The number of benzene rings is 4. The Balaban J connectivity index is 0.000000245. The topological polar surface area (TPSA) is 420 Å². The van der Waals surface area contributed by atoms with E-state index in [0.717, 1.165) is 160 Å². The third-order valence-electron chi connectivity index (χ3n) is 18.2. The van der Waals surface area contributed by atoms with Crippen LogP contribution in [0.2, 0.25) is 0 Å². The van der Waals surface area contributed by atoms with Gasteiger partial charge >= 0.3 is 12.4 Å². The highest BCUT2D eigenvalue weighted by atomic mass is 32.3. The maximum absolute atomic E-state index is 15.5. The maximum Gasteiger partial charge on any atom is 0.430 e. The summed E-state index contributed by atoms with van der Waals surface area (Å²) >= 11 is 0.338. The Morgan fingerprint density at radius 2 is 0.788 bits per heavy atom. The first-order chi connectivity index (χ1) is 48.2. The van der Waals surface area contributed by atoms with Crippen molar-refractivity contribution in [1.82, 2.24) is 9.44 Å². The summed E-state index contributed by atoms with van der Waals surface area (Å²) in [6.45, 7) is 15.8. The number of rotatable bonds is 24. The minimum absolute atomic E-state index is 0.110. The normalized spacial score (nSPS) is 20.9. The fourth-order valence-electron chi connectivity index (χ4n) is 12.2. The first-order valence-electron chi connectivity index (χ1n) is 30.7. The Kier molecular flexibility index (Phi) is 26.6. The number of halogens is 14. The van der Waals surface area contributed by atoms with Gasteiger partial charge in [-0.05, 0) is 62.7 Å². The van der Waals surface area contributed by atoms with Gasteiger partial charge in [0.25, 0.3) is 20.0 Å².